The summed E-state index contributed by atoms with van der Waals surface area (Å²) in [4.78, 5) is 16.3. The van der Waals surface area contributed by atoms with Gasteiger partial charge < -0.3 is 0 Å². The van der Waals surface area contributed by atoms with Crippen LogP contribution in [0.15, 0.2) is 11.1 Å². The largest absolute Gasteiger partial charge is 0.293 e. The predicted octanol–water partition coefficient (Wildman–Crippen LogP) is 3.44. The van der Waals surface area contributed by atoms with Crippen molar-refractivity contribution in [3.8, 4) is 0 Å². The first-order valence-corrected chi connectivity index (χ1v) is 5.98. The van der Waals surface area contributed by atoms with Crippen LogP contribution in [0, 0.1) is 23.3 Å². The van der Waals surface area contributed by atoms with Gasteiger partial charge in [-0.05, 0) is 53.6 Å². The van der Waals surface area contributed by atoms with Crippen LogP contribution in [-0.2, 0) is 0 Å². The smallest absolute Gasteiger partial charge is 0.173 e. The molecule has 0 bridgehead atoms. The maximum atomic E-state index is 12.0. The third kappa shape index (κ3) is 1.62. The molecule has 0 aliphatic carbocycles. The first kappa shape index (κ1) is 10.8. The van der Waals surface area contributed by atoms with Crippen molar-refractivity contribution in [3.05, 3.63) is 26.3 Å². The summed E-state index contributed by atoms with van der Waals surface area (Å²) in [6, 6.07) is 1.99. The van der Waals surface area contributed by atoms with Crippen LogP contribution in [0.25, 0.3) is 0 Å². The van der Waals surface area contributed by atoms with Crippen LogP contribution >= 0.6 is 22.6 Å². The first-order valence-electron chi connectivity index (χ1n) is 4.90. The van der Waals surface area contributed by atoms with Gasteiger partial charge in [0.25, 0.3) is 0 Å². The quantitative estimate of drug-likeness (QED) is 0.675. The molecule has 2 rings (SSSR count). The number of halogens is 1. The number of carbonyl (C=O) groups excluding carboxylic acids is 1. The van der Waals surface area contributed by atoms with Crippen molar-refractivity contribution in [2.45, 2.75) is 20.8 Å². The number of hydrogen-bond donors (Lipinski definition) is 0. The summed E-state index contributed by atoms with van der Waals surface area (Å²) < 4.78 is 1.17. The molecule has 0 N–H and O–H groups in total. The summed E-state index contributed by atoms with van der Waals surface area (Å²) in [5.74, 6) is 0.102. The van der Waals surface area contributed by atoms with Gasteiger partial charge in [-0.3, -0.25) is 9.79 Å². The molecule has 1 unspecified atom stereocenters. The Balaban J connectivity index is 2.75. The van der Waals surface area contributed by atoms with Crippen molar-refractivity contribution < 1.29 is 4.79 Å². The van der Waals surface area contributed by atoms with Gasteiger partial charge in [0.05, 0.1) is 11.6 Å². The van der Waals surface area contributed by atoms with Crippen LogP contribution in [0.1, 0.15) is 28.4 Å². The van der Waals surface area contributed by atoms with E-state index in [-0.39, 0.29) is 11.7 Å². The molecule has 15 heavy (non-hydrogen) atoms. The predicted molar refractivity (Wildman–Crippen MR) is 70.3 cm³/mol. The molecule has 0 radical (unpaired) electrons. The average molecular weight is 313 g/mol. The highest BCUT2D eigenvalue weighted by Crippen LogP contribution is 2.33. The number of carbonyl (C=O) groups is 1. The lowest BCUT2D eigenvalue weighted by atomic mass is 9.91. The second-order valence-corrected chi connectivity index (χ2v) is 5.04. The van der Waals surface area contributed by atoms with E-state index in [1.54, 1.807) is 6.21 Å². The first-order chi connectivity index (χ1) is 7.02. The van der Waals surface area contributed by atoms with Crippen molar-refractivity contribution in [2.75, 3.05) is 0 Å². The van der Waals surface area contributed by atoms with Gasteiger partial charge in [-0.15, -0.1) is 0 Å². The van der Waals surface area contributed by atoms with E-state index in [1.807, 2.05) is 26.8 Å². The zero-order chi connectivity index (χ0) is 11.2. The molecule has 2 nitrogen and oxygen atoms in total. The fraction of sp³-hybridized carbons (Fsp3) is 0.333. The number of aryl methyl sites for hydroxylation is 1. The molecule has 1 heterocycles. The van der Waals surface area contributed by atoms with E-state index in [2.05, 4.69) is 27.6 Å². The Morgan fingerprint density at radius 1 is 1.40 bits per heavy atom. The lowest BCUT2D eigenvalue weighted by molar-refractivity contribution is 0.0961. The molecule has 1 aromatic rings. The van der Waals surface area contributed by atoms with Crippen molar-refractivity contribution in [1.29, 1.82) is 0 Å². The number of benzene rings is 1. The molecule has 78 valence electrons. The third-order valence-corrected chi connectivity index (χ3v) is 4.42. The highest BCUT2D eigenvalue weighted by Gasteiger charge is 2.24. The lowest BCUT2D eigenvalue weighted by Gasteiger charge is -2.18. The molecule has 0 spiro atoms. The molecule has 1 aliphatic rings. The number of Topliss-reactive ketones (excluding diaryl/α,β-unsaturated/α-hetero) is 1. The topological polar surface area (TPSA) is 29.4 Å². The summed E-state index contributed by atoms with van der Waals surface area (Å²) in [5.41, 5.74) is 3.89. The van der Waals surface area contributed by atoms with Crippen molar-refractivity contribution in [1.82, 2.24) is 0 Å². The van der Waals surface area contributed by atoms with E-state index < -0.39 is 0 Å². The van der Waals surface area contributed by atoms with Gasteiger partial charge >= 0.3 is 0 Å². The zero-order valence-corrected chi connectivity index (χ0v) is 11.1. The Morgan fingerprint density at radius 2 is 2.07 bits per heavy atom. The van der Waals surface area contributed by atoms with Gasteiger partial charge in [-0.1, -0.05) is 6.92 Å². The monoisotopic (exact) mass is 313 g/mol. The number of nitrogens with zero attached hydrogens (tertiary/aromatic N) is 1. The summed E-state index contributed by atoms with van der Waals surface area (Å²) in [6.45, 7) is 5.94. The molecule has 0 saturated heterocycles. The summed E-state index contributed by atoms with van der Waals surface area (Å²) in [5, 5.41) is 0. The third-order valence-electron chi connectivity index (χ3n) is 2.76. The Bertz CT molecular complexity index is 477. The summed E-state index contributed by atoms with van der Waals surface area (Å²) >= 11 is 2.29. The van der Waals surface area contributed by atoms with Crippen molar-refractivity contribution in [3.63, 3.8) is 0 Å². The minimum atomic E-state index is -0.0882. The van der Waals surface area contributed by atoms with Gasteiger partial charge in [-0.25, -0.2) is 0 Å². The van der Waals surface area contributed by atoms with E-state index in [0.717, 1.165) is 16.8 Å². The molecule has 1 atom stereocenters. The Hall–Kier alpha value is -0.710. The van der Waals surface area contributed by atoms with Crippen molar-refractivity contribution >= 4 is 40.3 Å². The second kappa shape index (κ2) is 3.70. The Kier molecular flexibility index (Phi) is 2.66. The van der Waals surface area contributed by atoms with Gasteiger partial charge in [0.2, 0.25) is 0 Å². The fourth-order valence-corrected chi connectivity index (χ4v) is 2.26. The molecule has 0 fully saturated rings. The van der Waals surface area contributed by atoms with E-state index in [9.17, 15) is 4.79 Å². The SMILES string of the molecule is Cc1cc2c(c(C)c1I)C(=O)C(C)C=N2. The van der Waals surface area contributed by atoms with Crippen molar-refractivity contribution in [2.24, 2.45) is 10.9 Å². The molecule has 0 amide bonds. The molecule has 1 aliphatic heterocycles. The number of fused-ring (bicyclic) bond motifs is 1. The lowest BCUT2D eigenvalue weighted by Crippen LogP contribution is -2.18. The maximum Gasteiger partial charge on any atom is 0.173 e. The van der Waals surface area contributed by atoms with Crippen LogP contribution < -0.4 is 0 Å². The van der Waals surface area contributed by atoms with Gasteiger partial charge in [0, 0.05) is 15.3 Å². The molecule has 0 aromatic heterocycles. The van der Waals surface area contributed by atoms with Crippen LogP contribution in [0.2, 0.25) is 0 Å². The van der Waals surface area contributed by atoms with E-state index in [0.29, 0.717) is 0 Å². The van der Waals surface area contributed by atoms with Gasteiger partial charge in [-0.2, -0.15) is 0 Å². The average Bonchev–Trinajstić information content (AvgIpc) is 2.20. The highest BCUT2D eigenvalue weighted by molar-refractivity contribution is 14.1. The fourth-order valence-electron chi connectivity index (χ4n) is 1.84. The Labute approximate surface area is 103 Å². The number of hydrogen-bond acceptors (Lipinski definition) is 2. The molecular formula is C12H12INO. The maximum absolute atomic E-state index is 12.0. The van der Waals surface area contributed by atoms with E-state index >= 15 is 0 Å². The summed E-state index contributed by atoms with van der Waals surface area (Å²) in [6.07, 6.45) is 1.73. The highest BCUT2D eigenvalue weighted by atomic mass is 127. The zero-order valence-electron chi connectivity index (χ0n) is 8.97. The van der Waals surface area contributed by atoms with Crippen LogP contribution in [-0.4, -0.2) is 12.0 Å². The molecule has 0 saturated carbocycles. The number of aliphatic imine (C=N–C) groups is 1. The van der Waals surface area contributed by atoms with Gasteiger partial charge in [0.15, 0.2) is 5.78 Å². The summed E-state index contributed by atoms with van der Waals surface area (Å²) in [7, 11) is 0. The van der Waals surface area contributed by atoms with E-state index in [4.69, 9.17) is 0 Å². The van der Waals surface area contributed by atoms with Crippen LogP contribution in [0.4, 0.5) is 5.69 Å². The minimum Gasteiger partial charge on any atom is -0.293 e. The standard InChI is InChI=1S/C12H12INO/c1-6-4-9-10(8(3)11(6)13)12(15)7(2)5-14-9/h4-5,7H,1-3H3. The normalized spacial score (nSPS) is 19.2. The van der Waals surface area contributed by atoms with Crippen LogP contribution in [0.3, 0.4) is 0 Å². The van der Waals surface area contributed by atoms with Gasteiger partial charge in [0.1, 0.15) is 0 Å². The molecule has 3 heteroatoms. The van der Waals surface area contributed by atoms with Crippen LogP contribution in [0.5, 0.6) is 0 Å². The number of rotatable bonds is 0. The Morgan fingerprint density at radius 3 is 2.73 bits per heavy atom. The molecule has 1 aromatic carbocycles. The molecular weight excluding hydrogens is 301 g/mol. The second-order valence-electron chi connectivity index (χ2n) is 3.96. The number of ketones is 1. The van der Waals surface area contributed by atoms with E-state index in [1.165, 1.54) is 9.13 Å². The minimum absolute atomic E-state index is 0.0882.